The first kappa shape index (κ1) is 13.7. The Kier molecular flexibility index (Phi) is 4.32. The molecule has 2 aromatic heterocycles. The van der Waals surface area contributed by atoms with Gasteiger partial charge in [0.2, 0.25) is 0 Å². The van der Waals surface area contributed by atoms with Crippen LogP contribution in [0.3, 0.4) is 0 Å². The van der Waals surface area contributed by atoms with E-state index in [1.807, 2.05) is 32.2 Å². The Morgan fingerprint density at radius 1 is 1.37 bits per heavy atom. The van der Waals surface area contributed by atoms with E-state index < -0.39 is 0 Å². The Labute approximate surface area is 117 Å². The third kappa shape index (κ3) is 3.20. The molecule has 2 aromatic rings. The number of nitrogens with zero attached hydrogens (tertiary/aromatic N) is 3. The molecule has 0 aromatic carbocycles. The van der Waals surface area contributed by atoms with E-state index in [0.29, 0.717) is 17.9 Å². The first-order valence-corrected chi connectivity index (χ1v) is 6.61. The van der Waals surface area contributed by atoms with Crippen LogP contribution in [0.1, 0.15) is 24.0 Å². The largest absolute Gasteiger partial charge is 0.299 e. The predicted molar refractivity (Wildman–Crippen MR) is 74.2 cm³/mol. The van der Waals surface area contributed by atoms with Crippen LogP contribution in [0.4, 0.5) is 0 Å². The maximum absolute atomic E-state index is 12.0. The topological polar surface area (TPSA) is 47.8 Å². The van der Waals surface area contributed by atoms with Crippen molar-refractivity contribution in [2.24, 2.45) is 7.05 Å². The molecule has 0 unspecified atom stereocenters. The van der Waals surface area contributed by atoms with Crippen LogP contribution >= 0.6 is 11.6 Å². The highest BCUT2D eigenvalue weighted by atomic mass is 35.5. The van der Waals surface area contributed by atoms with Crippen molar-refractivity contribution in [1.29, 1.82) is 0 Å². The smallest absolute Gasteiger partial charge is 0.144 e. The van der Waals surface area contributed by atoms with E-state index in [9.17, 15) is 4.79 Å². The minimum Gasteiger partial charge on any atom is -0.299 e. The summed E-state index contributed by atoms with van der Waals surface area (Å²) in [7, 11) is 1.81. The monoisotopic (exact) mass is 277 g/mol. The molecule has 0 N–H and O–H groups in total. The summed E-state index contributed by atoms with van der Waals surface area (Å²) in [6.07, 6.45) is 3.07. The average molecular weight is 278 g/mol. The molecule has 0 aliphatic carbocycles. The Bertz CT molecular complexity index is 578. The standard InChI is InChI=1S/C14H16ClN3O/c1-3-12-14(15)13(18(2)17-12)9-11(19)8-10-6-4-5-7-16-10/h4-7H,3,8-9H2,1-2H3. The van der Waals surface area contributed by atoms with Crippen molar-refractivity contribution in [2.45, 2.75) is 26.2 Å². The molecule has 0 radical (unpaired) electrons. The molecular weight excluding hydrogens is 262 g/mol. The number of aryl methyl sites for hydroxylation is 2. The fraction of sp³-hybridized carbons (Fsp3) is 0.357. The number of rotatable bonds is 5. The summed E-state index contributed by atoms with van der Waals surface area (Å²) < 4.78 is 1.69. The molecule has 100 valence electrons. The number of aromatic nitrogens is 3. The summed E-state index contributed by atoms with van der Waals surface area (Å²) in [6.45, 7) is 1.99. The first-order chi connectivity index (χ1) is 9.11. The van der Waals surface area contributed by atoms with Gasteiger partial charge in [0.05, 0.1) is 22.8 Å². The number of Topliss-reactive ketones (excluding diaryl/α,β-unsaturated/α-hetero) is 1. The highest BCUT2D eigenvalue weighted by Gasteiger charge is 2.16. The minimum atomic E-state index is 0.0891. The zero-order valence-electron chi connectivity index (χ0n) is 11.1. The molecule has 0 bridgehead atoms. The van der Waals surface area contributed by atoms with Crippen LogP contribution in [0.15, 0.2) is 24.4 Å². The Balaban J connectivity index is 2.09. The van der Waals surface area contributed by atoms with Gasteiger partial charge in [0, 0.05) is 25.4 Å². The van der Waals surface area contributed by atoms with Gasteiger partial charge in [-0.05, 0) is 18.6 Å². The van der Waals surface area contributed by atoms with E-state index in [-0.39, 0.29) is 5.78 Å². The maximum Gasteiger partial charge on any atom is 0.144 e. The van der Waals surface area contributed by atoms with E-state index in [0.717, 1.165) is 23.5 Å². The maximum atomic E-state index is 12.0. The van der Waals surface area contributed by atoms with Gasteiger partial charge < -0.3 is 0 Å². The summed E-state index contributed by atoms with van der Waals surface area (Å²) in [5, 5.41) is 4.92. The lowest BCUT2D eigenvalue weighted by molar-refractivity contribution is -0.117. The molecule has 5 heteroatoms. The fourth-order valence-corrected chi connectivity index (χ4v) is 2.33. The summed E-state index contributed by atoms with van der Waals surface area (Å²) in [5.74, 6) is 0.0891. The Hall–Kier alpha value is -1.68. The molecule has 2 rings (SSSR count). The quantitative estimate of drug-likeness (QED) is 0.843. The number of pyridine rings is 1. The van der Waals surface area contributed by atoms with Gasteiger partial charge in [-0.3, -0.25) is 14.5 Å². The van der Waals surface area contributed by atoms with Crippen molar-refractivity contribution in [1.82, 2.24) is 14.8 Å². The van der Waals surface area contributed by atoms with Crippen molar-refractivity contribution in [3.8, 4) is 0 Å². The van der Waals surface area contributed by atoms with Gasteiger partial charge in [-0.1, -0.05) is 24.6 Å². The van der Waals surface area contributed by atoms with Crippen LogP contribution in [0.5, 0.6) is 0 Å². The van der Waals surface area contributed by atoms with Gasteiger partial charge in [-0.2, -0.15) is 5.10 Å². The van der Waals surface area contributed by atoms with Crippen LogP contribution in [0, 0.1) is 0 Å². The van der Waals surface area contributed by atoms with E-state index in [1.54, 1.807) is 10.9 Å². The second-order valence-electron chi connectivity index (χ2n) is 4.40. The SMILES string of the molecule is CCc1nn(C)c(CC(=O)Cc2ccccn2)c1Cl. The molecule has 0 aliphatic heterocycles. The Morgan fingerprint density at radius 3 is 2.74 bits per heavy atom. The van der Waals surface area contributed by atoms with Crippen molar-refractivity contribution < 1.29 is 4.79 Å². The number of ketones is 1. The molecular formula is C14H16ClN3O. The number of hydrogen-bond donors (Lipinski definition) is 0. The molecule has 0 atom stereocenters. The lowest BCUT2D eigenvalue weighted by Gasteiger charge is -2.02. The molecule has 2 heterocycles. The van der Waals surface area contributed by atoms with E-state index >= 15 is 0 Å². The van der Waals surface area contributed by atoms with Crippen molar-refractivity contribution >= 4 is 17.4 Å². The molecule has 0 amide bonds. The van der Waals surface area contributed by atoms with Gasteiger partial charge in [0.15, 0.2) is 0 Å². The van der Waals surface area contributed by atoms with Crippen LogP contribution in [-0.4, -0.2) is 20.5 Å². The van der Waals surface area contributed by atoms with Crippen molar-refractivity contribution in [3.63, 3.8) is 0 Å². The lowest BCUT2D eigenvalue weighted by atomic mass is 10.1. The highest BCUT2D eigenvalue weighted by molar-refractivity contribution is 6.32. The predicted octanol–water partition coefficient (Wildman–Crippen LogP) is 2.39. The summed E-state index contributed by atoms with van der Waals surface area (Å²) in [6, 6.07) is 5.56. The van der Waals surface area contributed by atoms with Crippen LogP contribution in [0.2, 0.25) is 5.02 Å². The zero-order valence-corrected chi connectivity index (χ0v) is 11.8. The zero-order chi connectivity index (χ0) is 13.8. The third-order valence-electron chi connectivity index (χ3n) is 2.97. The number of hydrogen-bond acceptors (Lipinski definition) is 3. The van der Waals surface area contributed by atoms with Crippen molar-refractivity contribution in [3.05, 3.63) is 46.5 Å². The molecule has 4 nitrogen and oxygen atoms in total. The van der Waals surface area contributed by atoms with Gasteiger partial charge in [-0.25, -0.2) is 0 Å². The fourth-order valence-electron chi connectivity index (χ4n) is 1.97. The summed E-state index contributed by atoms with van der Waals surface area (Å²) in [5.41, 5.74) is 2.39. The number of carbonyl (C=O) groups is 1. The molecule has 0 aliphatic rings. The normalized spacial score (nSPS) is 10.7. The molecule has 0 saturated heterocycles. The summed E-state index contributed by atoms with van der Waals surface area (Å²) >= 11 is 6.23. The van der Waals surface area contributed by atoms with Crippen LogP contribution in [0.25, 0.3) is 0 Å². The second kappa shape index (κ2) is 5.97. The number of halogens is 1. The van der Waals surface area contributed by atoms with E-state index in [1.165, 1.54) is 0 Å². The molecule has 19 heavy (non-hydrogen) atoms. The summed E-state index contributed by atoms with van der Waals surface area (Å²) in [4.78, 5) is 16.2. The van der Waals surface area contributed by atoms with Crippen LogP contribution < -0.4 is 0 Å². The van der Waals surface area contributed by atoms with Gasteiger partial charge in [-0.15, -0.1) is 0 Å². The van der Waals surface area contributed by atoms with Crippen LogP contribution in [-0.2, 0) is 31.1 Å². The average Bonchev–Trinajstić information content (AvgIpc) is 2.67. The highest BCUT2D eigenvalue weighted by Crippen LogP contribution is 2.21. The minimum absolute atomic E-state index is 0.0891. The molecule has 0 spiro atoms. The third-order valence-corrected chi connectivity index (χ3v) is 3.41. The van der Waals surface area contributed by atoms with E-state index in [4.69, 9.17) is 11.6 Å². The first-order valence-electron chi connectivity index (χ1n) is 6.23. The van der Waals surface area contributed by atoms with Gasteiger partial charge in [0.1, 0.15) is 5.78 Å². The van der Waals surface area contributed by atoms with E-state index in [2.05, 4.69) is 10.1 Å². The van der Waals surface area contributed by atoms with Crippen molar-refractivity contribution in [2.75, 3.05) is 0 Å². The number of carbonyl (C=O) groups excluding carboxylic acids is 1. The molecule has 0 fully saturated rings. The van der Waals surface area contributed by atoms with Gasteiger partial charge in [0.25, 0.3) is 0 Å². The Morgan fingerprint density at radius 2 is 2.16 bits per heavy atom. The molecule has 0 saturated carbocycles. The second-order valence-corrected chi connectivity index (χ2v) is 4.78. The van der Waals surface area contributed by atoms with Gasteiger partial charge >= 0.3 is 0 Å². The lowest BCUT2D eigenvalue weighted by Crippen LogP contribution is -2.11.